The molecule has 0 fully saturated rings. The number of aryl methyl sites for hydroxylation is 2. The van der Waals surface area contributed by atoms with Crippen molar-refractivity contribution in [1.82, 2.24) is 14.5 Å². The summed E-state index contributed by atoms with van der Waals surface area (Å²) in [6.45, 7) is 0.628. The molecule has 0 saturated carbocycles. The molecule has 2 aromatic heterocycles. The quantitative estimate of drug-likeness (QED) is 0.782. The molecule has 0 aliphatic rings. The van der Waals surface area contributed by atoms with Gasteiger partial charge in [0.2, 0.25) is 5.95 Å². The van der Waals surface area contributed by atoms with Gasteiger partial charge in [0.1, 0.15) is 11.3 Å². The van der Waals surface area contributed by atoms with Crippen molar-refractivity contribution in [2.24, 2.45) is 0 Å². The summed E-state index contributed by atoms with van der Waals surface area (Å²) in [5.41, 5.74) is 8.35. The van der Waals surface area contributed by atoms with Crippen molar-refractivity contribution in [2.75, 3.05) is 5.73 Å². The maximum absolute atomic E-state index is 13.1. The molecule has 0 atom stereocenters. The molecule has 19 heavy (non-hydrogen) atoms. The highest BCUT2D eigenvalue weighted by Gasteiger charge is 2.08. The van der Waals surface area contributed by atoms with Crippen LogP contribution in [0.5, 0.6) is 0 Å². The van der Waals surface area contributed by atoms with Crippen LogP contribution in [0.1, 0.15) is 5.56 Å². The second-order valence-corrected chi connectivity index (χ2v) is 4.35. The van der Waals surface area contributed by atoms with Gasteiger partial charge in [0.05, 0.1) is 0 Å². The summed E-state index contributed by atoms with van der Waals surface area (Å²) >= 11 is 0. The van der Waals surface area contributed by atoms with Gasteiger partial charge in [-0.1, -0.05) is 12.1 Å². The molecule has 0 amide bonds. The molecule has 96 valence electrons. The zero-order valence-electron chi connectivity index (χ0n) is 10.3. The Labute approximate surface area is 109 Å². The van der Waals surface area contributed by atoms with E-state index in [4.69, 9.17) is 5.73 Å². The number of pyridine rings is 1. The predicted octanol–water partition coefficient (Wildman–Crippen LogP) is 2.40. The summed E-state index contributed by atoms with van der Waals surface area (Å²) < 4.78 is 15.0. The van der Waals surface area contributed by atoms with Crippen molar-refractivity contribution in [3.05, 3.63) is 54.0 Å². The van der Waals surface area contributed by atoms with Crippen LogP contribution in [-0.2, 0) is 13.0 Å². The minimum Gasteiger partial charge on any atom is -0.369 e. The van der Waals surface area contributed by atoms with Crippen molar-refractivity contribution in [2.45, 2.75) is 13.0 Å². The Morgan fingerprint density at radius 1 is 1.21 bits per heavy atom. The first-order valence-corrected chi connectivity index (χ1v) is 6.05. The van der Waals surface area contributed by atoms with Crippen LogP contribution in [0.3, 0.4) is 0 Å². The maximum Gasteiger partial charge on any atom is 0.202 e. The molecule has 0 aliphatic carbocycles. The van der Waals surface area contributed by atoms with Crippen molar-refractivity contribution in [3.8, 4) is 0 Å². The number of rotatable bonds is 3. The number of nitrogens with zero attached hydrogens (tertiary/aromatic N) is 3. The van der Waals surface area contributed by atoms with E-state index >= 15 is 0 Å². The van der Waals surface area contributed by atoms with Crippen LogP contribution in [0, 0.1) is 5.82 Å². The standard InChI is InChI=1S/C14H13FN4/c15-11-4-1-3-10(9-11)6-8-19-13-12(18-14(19)16)5-2-7-17-13/h1-5,7,9H,6,8H2,(H2,16,18). The molecule has 2 N–H and O–H groups in total. The summed E-state index contributed by atoms with van der Waals surface area (Å²) in [5, 5.41) is 0. The highest BCUT2D eigenvalue weighted by atomic mass is 19.1. The zero-order chi connectivity index (χ0) is 13.2. The van der Waals surface area contributed by atoms with E-state index in [0.29, 0.717) is 18.9 Å². The zero-order valence-corrected chi connectivity index (χ0v) is 10.3. The van der Waals surface area contributed by atoms with Crippen LogP contribution < -0.4 is 5.73 Å². The molecule has 0 saturated heterocycles. The predicted molar refractivity (Wildman–Crippen MR) is 72.0 cm³/mol. The van der Waals surface area contributed by atoms with Gasteiger partial charge < -0.3 is 5.73 Å². The van der Waals surface area contributed by atoms with Crippen molar-refractivity contribution < 1.29 is 4.39 Å². The number of imidazole rings is 1. The van der Waals surface area contributed by atoms with Crippen LogP contribution in [0.2, 0.25) is 0 Å². The van der Waals surface area contributed by atoms with Gasteiger partial charge >= 0.3 is 0 Å². The lowest BCUT2D eigenvalue weighted by atomic mass is 10.1. The SMILES string of the molecule is Nc1nc2cccnc2n1CCc1cccc(F)c1. The maximum atomic E-state index is 13.1. The van der Waals surface area contributed by atoms with E-state index in [1.54, 1.807) is 12.3 Å². The van der Waals surface area contributed by atoms with Crippen molar-refractivity contribution >= 4 is 17.1 Å². The summed E-state index contributed by atoms with van der Waals surface area (Å²) in [6, 6.07) is 10.3. The van der Waals surface area contributed by atoms with Gasteiger partial charge in [-0.15, -0.1) is 0 Å². The van der Waals surface area contributed by atoms with Crippen LogP contribution in [0.15, 0.2) is 42.6 Å². The highest BCUT2D eigenvalue weighted by molar-refractivity contribution is 5.73. The Morgan fingerprint density at radius 2 is 2.11 bits per heavy atom. The van der Waals surface area contributed by atoms with E-state index in [1.165, 1.54) is 12.1 Å². The van der Waals surface area contributed by atoms with Crippen LogP contribution in [-0.4, -0.2) is 14.5 Å². The van der Waals surface area contributed by atoms with E-state index in [1.807, 2.05) is 22.8 Å². The molecule has 2 heterocycles. The highest BCUT2D eigenvalue weighted by Crippen LogP contribution is 2.16. The molecule has 3 aromatic rings. The average molecular weight is 256 g/mol. The third kappa shape index (κ3) is 2.27. The number of anilines is 1. The van der Waals surface area contributed by atoms with E-state index in [9.17, 15) is 4.39 Å². The molecule has 0 spiro atoms. The Hall–Kier alpha value is -2.43. The number of hydrogen-bond acceptors (Lipinski definition) is 3. The Kier molecular flexibility index (Phi) is 2.87. The Balaban J connectivity index is 1.87. The third-order valence-corrected chi connectivity index (χ3v) is 3.05. The van der Waals surface area contributed by atoms with Gasteiger partial charge in [-0.25, -0.2) is 14.4 Å². The molecule has 0 bridgehead atoms. The minimum atomic E-state index is -0.223. The lowest BCUT2D eigenvalue weighted by Crippen LogP contribution is -2.06. The number of nitrogen functional groups attached to an aromatic ring is 1. The van der Waals surface area contributed by atoms with Crippen LogP contribution >= 0.6 is 0 Å². The fourth-order valence-corrected chi connectivity index (χ4v) is 2.13. The lowest BCUT2D eigenvalue weighted by molar-refractivity contribution is 0.622. The smallest absolute Gasteiger partial charge is 0.202 e. The number of benzene rings is 1. The second kappa shape index (κ2) is 4.68. The first-order chi connectivity index (χ1) is 9.24. The number of hydrogen-bond donors (Lipinski definition) is 1. The van der Waals surface area contributed by atoms with Crippen LogP contribution in [0.25, 0.3) is 11.2 Å². The fraction of sp³-hybridized carbons (Fsp3) is 0.143. The number of nitrogens with two attached hydrogens (primary N) is 1. The van der Waals surface area contributed by atoms with E-state index in [-0.39, 0.29) is 5.82 Å². The monoisotopic (exact) mass is 256 g/mol. The van der Waals surface area contributed by atoms with Gasteiger partial charge in [0, 0.05) is 12.7 Å². The fourth-order valence-electron chi connectivity index (χ4n) is 2.13. The van der Waals surface area contributed by atoms with Gasteiger partial charge in [0.15, 0.2) is 5.65 Å². The van der Waals surface area contributed by atoms with Gasteiger partial charge in [0.25, 0.3) is 0 Å². The molecular weight excluding hydrogens is 243 g/mol. The Bertz CT molecular complexity index is 720. The summed E-state index contributed by atoms with van der Waals surface area (Å²) in [6.07, 6.45) is 2.39. The topological polar surface area (TPSA) is 56.7 Å². The van der Waals surface area contributed by atoms with E-state index in [0.717, 1.165) is 16.7 Å². The normalized spacial score (nSPS) is 11.0. The van der Waals surface area contributed by atoms with E-state index in [2.05, 4.69) is 9.97 Å². The molecule has 3 rings (SSSR count). The van der Waals surface area contributed by atoms with E-state index < -0.39 is 0 Å². The summed E-state index contributed by atoms with van der Waals surface area (Å²) in [4.78, 5) is 8.53. The van der Waals surface area contributed by atoms with Crippen molar-refractivity contribution in [1.29, 1.82) is 0 Å². The summed E-state index contributed by atoms with van der Waals surface area (Å²) in [7, 11) is 0. The van der Waals surface area contributed by atoms with Gasteiger partial charge in [-0.3, -0.25) is 4.57 Å². The minimum absolute atomic E-state index is 0.223. The number of aromatic nitrogens is 3. The molecule has 1 aromatic carbocycles. The molecule has 0 radical (unpaired) electrons. The molecule has 4 nitrogen and oxygen atoms in total. The molecule has 0 aliphatic heterocycles. The third-order valence-electron chi connectivity index (χ3n) is 3.05. The van der Waals surface area contributed by atoms with Crippen LogP contribution in [0.4, 0.5) is 10.3 Å². The van der Waals surface area contributed by atoms with Crippen molar-refractivity contribution in [3.63, 3.8) is 0 Å². The average Bonchev–Trinajstić information content (AvgIpc) is 2.72. The first-order valence-electron chi connectivity index (χ1n) is 6.05. The van der Waals surface area contributed by atoms with Gasteiger partial charge in [-0.2, -0.15) is 0 Å². The van der Waals surface area contributed by atoms with Gasteiger partial charge in [-0.05, 0) is 36.2 Å². The lowest BCUT2D eigenvalue weighted by Gasteiger charge is -2.06. The first kappa shape index (κ1) is 11.6. The largest absolute Gasteiger partial charge is 0.369 e. The molecular formula is C14H13FN4. The number of fused-ring (bicyclic) bond motifs is 1. The summed E-state index contributed by atoms with van der Waals surface area (Å²) in [5.74, 6) is 0.212. The Morgan fingerprint density at radius 3 is 2.95 bits per heavy atom. The number of halogens is 1. The molecule has 0 unspecified atom stereocenters. The second-order valence-electron chi connectivity index (χ2n) is 4.35. The molecule has 5 heteroatoms.